The summed E-state index contributed by atoms with van der Waals surface area (Å²) in [5, 5.41) is 5.69. The molecule has 5 heteroatoms. The molecule has 108 valence electrons. The van der Waals surface area contributed by atoms with E-state index >= 15 is 0 Å². The van der Waals surface area contributed by atoms with Gasteiger partial charge in [0, 0.05) is 12.2 Å². The molecule has 1 aliphatic rings. The van der Waals surface area contributed by atoms with Crippen LogP contribution < -0.4 is 15.5 Å². The van der Waals surface area contributed by atoms with E-state index in [4.69, 9.17) is 0 Å². The number of piperazine rings is 1. The summed E-state index contributed by atoms with van der Waals surface area (Å²) in [7, 11) is 0. The first kappa shape index (κ1) is 14.5. The molecule has 1 fully saturated rings. The summed E-state index contributed by atoms with van der Waals surface area (Å²) in [5.41, 5.74) is 2.07. The molecule has 1 saturated heterocycles. The zero-order valence-electron chi connectivity index (χ0n) is 12.0. The van der Waals surface area contributed by atoms with Crippen molar-refractivity contribution in [3.8, 4) is 0 Å². The van der Waals surface area contributed by atoms with E-state index in [0.717, 1.165) is 24.3 Å². The molecule has 2 rings (SSSR count). The average Bonchev–Trinajstić information content (AvgIpc) is 2.44. The highest BCUT2D eigenvalue weighted by Gasteiger charge is 2.33. The number of carbonyl (C=O) groups excluding carboxylic acids is 2. The Morgan fingerprint density at radius 3 is 2.75 bits per heavy atom. The molecule has 1 atom stereocenters. The number of benzene rings is 1. The summed E-state index contributed by atoms with van der Waals surface area (Å²) in [6, 6.07) is 7.64. The van der Waals surface area contributed by atoms with Gasteiger partial charge in [-0.15, -0.1) is 0 Å². The van der Waals surface area contributed by atoms with Crippen molar-refractivity contribution in [3.05, 3.63) is 29.8 Å². The number of amides is 2. The molecule has 0 bridgehead atoms. The fourth-order valence-corrected chi connectivity index (χ4v) is 2.53. The van der Waals surface area contributed by atoms with Gasteiger partial charge in [-0.25, -0.2) is 0 Å². The number of para-hydroxylation sites is 1. The second-order valence-corrected chi connectivity index (χ2v) is 4.87. The fourth-order valence-electron chi connectivity index (χ4n) is 2.53. The van der Waals surface area contributed by atoms with Crippen molar-refractivity contribution in [1.82, 2.24) is 10.6 Å². The third-order valence-electron chi connectivity index (χ3n) is 3.51. The highest BCUT2D eigenvalue weighted by Crippen LogP contribution is 2.25. The van der Waals surface area contributed by atoms with E-state index in [1.54, 1.807) is 0 Å². The van der Waals surface area contributed by atoms with Crippen molar-refractivity contribution in [2.24, 2.45) is 0 Å². The number of nitrogens with one attached hydrogen (secondary N) is 2. The van der Waals surface area contributed by atoms with Crippen LogP contribution in [0.5, 0.6) is 0 Å². The van der Waals surface area contributed by atoms with Crippen molar-refractivity contribution in [1.29, 1.82) is 0 Å². The van der Waals surface area contributed by atoms with Gasteiger partial charge in [-0.3, -0.25) is 14.9 Å². The predicted octanol–water partition coefficient (Wildman–Crippen LogP) is 1.04. The highest BCUT2D eigenvalue weighted by atomic mass is 16.2. The Morgan fingerprint density at radius 1 is 1.30 bits per heavy atom. The second kappa shape index (κ2) is 6.52. The molecule has 2 N–H and O–H groups in total. The summed E-state index contributed by atoms with van der Waals surface area (Å²) in [4.78, 5) is 25.5. The van der Waals surface area contributed by atoms with Crippen molar-refractivity contribution in [2.75, 3.05) is 18.0 Å². The fraction of sp³-hybridized carbons (Fsp3) is 0.467. The Kier molecular flexibility index (Phi) is 4.74. The highest BCUT2D eigenvalue weighted by molar-refractivity contribution is 6.04. The Balaban J connectivity index is 2.32. The minimum Gasteiger partial charge on any atom is -0.350 e. The SMILES string of the molecule is CCNCc1ccccc1N1CC(=O)NC(=O)C1CC. The number of imide groups is 1. The zero-order valence-corrected chi connectivity index (χ0v) is 12.0. The van der Waals surface area contributed by atoms with Gasteiger partial charge in [-0.2, -0.15) is 0 Å². The summed E-state index contributed by atoms with van der Waals surface area (Å²) >= 11 is 0. The Hall–Kier alpha value is -1.88. The van der Waals surface area contributed by atoms with Gasteiger partial charge < -0.3 is 10.2 Å². The summed E-state index contributed by atoms with van der Waals surface area (Å²) in [6.45, 7) is 5.85. The molecule has 5 nitrogen and oxygen atoms in total. The first-order valence-corrected chi connectivity index (χ1v) is 7.06. The van der Waals surface area contributed by atoms with E-state index in [-0.39, 0.29) is 24.4 Å². The number of hydrogen-bond acceptors (Lipinski definition) is 4. The van der Waals surface area contributed by atoms with E-state index in [2.05, 4.69) is 17.6 Å². The van der Waals surface area contributed by atoms with E-state index in [9.17, 15) is 9.59 Å². The monoisotopic (exact) mass is 275 g/mol. The summed E-state index contributed by atoms with van der Waals surface area (Å²) in [6.07, 6.45) is 0.675. The lowest BCUT2D eigenvalue weighted by Crippen LogP contribution is -2.58. The molecule has 0 spiro atoms. The van der Waals surface area contributed by atoms with Crippen LogP contribution in [0.15, 0.2) is 24.3 Å². The van der Waals surface area contributed by atoms with Crippen LogP contribution in [0.4, 0.5) is 5.69 Å². The average molecular weight is 275 g/mol. The van der Waals surface area contributed by atoms with E-state index < -0.39 is 0 Å². The lowest BCUT2D eigenvalue weighted by Gasteiger charge is -2.36. The standard InChI is InChI=1S/C15H21N3O2/c1-3-12-15(20)17-14(19)10-18(12)13-8-6-5-7-11(13)9-16-4-2/h5-8,12,16H,3-4,9-10H2,1-2H3,(H,17,19,20). The quantitative estimate of drug-likeness (QED) is 0.788. The molecule has 2 amide bonds. The summed E-state index contributed by atoms with van der Waals surface area (Å²) < 4.78 is 0. The molecule has 0 radical (unpaired) electrons. The molecule has 0 aliphatic carbocycles. The van der Waals surface area contributed by atoms with Crippen LogP contribution >= 0.6 is 0 Å². The van der Waals surface area contributed by atoms with Gasteiger partial charge in [0.05, 0.1) is 6.54 Å². The topological polar surface area (TPSA) is 61.4 Å². The number of carbonyl (C=O) groups is 2. The Bertz CT molecular complexity index is 502. The van der Waals surface area contributed by atoms with Gasteiger partial charge in [0.2, 0.25) is 11.8 Å². The van der Waals surface area contributed by atoms with Crippen LogP contribution in [-0.4, -0.2) is 30.9 Å². The van der Waals surface area contributed by atoms with Crippen LogP contribution in [-0.2, 0) is 16.1 Å². The third-order valence-corrected chi connectivity index (χ3v) is 3.51. The van der Waals surface area contributed by atoms with Gasteiger partial charge in [0.25, 0.3) is 0 Å². The lowest BCUT2D eigenvalue weighted by atomic mass is 10.1. The van der Waals surface area contributed by atoms with Crippen LogP contribution in [0, 0.1) is 0 Å². The Labute approximate surface area is 119 Å². The maximum atomic E-state index is 12.0. The predicted molar refractivity (Wildman–Crippen MR) is 78.4 cm³/mol. The third kappa shape index (κ3) is 2.99. The summed E-state index contributed by atoms with van der Waals surface area (Å²) in [5.74, 6) is -0.444. The van der Waals surface area contributed by atoms with Crippen LogP contribution in [0.25, 0.3) is 0 Å². The van der Waals surface area contributed by atoms with Crippen molar-refractivity contribution >= 4 is 17.5 Å². The molecular formula is C15H21N3O2. The molecule has 1 aromatic carbocycles. The first-order chi connectivity index (χ1) is 9.67. The van der Waals surface area contributed by atoms with E-state index in [1.165, 1.54) is 0 Å². The second-order valence-electron chi connectivity index (χ2n) is 4.87. The molecule has 0 saturated carbocycles. The van der Waals surface area contributed by atoms with Gasteiger partial charge in [0.15, 0.2) is 0 Å². The number of rotatable bonds is 5. The van der Waals surface area contributed by atoms with Crippen molar-refractivity contribution in [2.45, 2.75) is 32.9 Å². The van der Waals surface area contributed by atoms with E-state index in [1.807, 2.05) is 36.1 Å². The van der Waals surface area contributed by atoms with E-state index in [0.29, 0.717) is 6.42 Å². The molecule has 20 heavy (non-hydrogen) atoms. The van der Waals surface area contributed by atoms with Crippen LogP contribution in [0.3, 0.4) is 0 Å². The molecular weight excluding hydrogens is 254 g/mol. The minimum atomic E-state index is -0.282. The van der Waals surface area contributed by atoms with Gasteiger partial charge >= 0.3 is 0 Å². The zero-order chi connectivity index (χ0) is 14.5. The number of nitrogens with zero attached hydrogens (tertiary/aromatic N) is 1. The lowest BCUT2D eigenvalue weighted by molar-refractivity contribution is -0.132. The van der Waals surface area contributed by atoms with Crippen LogP contribution in [0.2, 0.25) is 0 Å². The number of anilines is 1. The largest absolute Gasteiger partial charge is 0.350 e. The van der Waals surface area contributed by atoms with Crippen LogP contribution in [0.1, 0.15) is 25.8 Å². The maximum absolute atomic E-state index is 12.0. The molecule has 1 heterocycles. The Morgan fingerprint density at radius 2 is 2.05 bits per heavy atom. The molecule has 1 aromatic rings. The van der Waals surface area contributed by atoms with Gasteiger partial charge in [-0.05, 0) is 24.6 Å². The molecule has 1 aliphatic heterocycles. The van der Waals surface area contributed by atoms with Crippen molar-refractivity contribution < 1.29 is 9.59 Å². The maximum Gasteiger partial charge on any atom is 0.249 e. The molecule has 1 unspecified atom stereocenters. The molecule has 0 aromatic heterocycles. The van der Waals surface area contributed by atoms with Crippen molar-refractivity contribution in [3.63, 3.8) is 0 Å². The first-order valence-electron chi connectivity index (χ1n) is 7.06. The smallest absolute Gasteiger partial charge is 0.249 e. The van der Waals surface area contributed by atoms with Gasteiger partial charge in [-0.1, -0.05) is 32.0 Å². The minimum absolute atomic E-state index is 0.206. The number of hydrogen-bond donors (Lipinski definition) is 2. The van der Waals surface area contributed by atoms with Gasteiger partial charge in [0.1, 0.15) is 6.04 Å². The normalized spacial score (nSPS) is 19.1.